The lowest BCUT2D eigenvalue weighted by atomic mass is 10.00. The van der Waals surface area contributed by atoms with E-state index in [0.29, 0.717) is 54.4 Å². The van der Waals surface area contributed by atoms with Crippen molar-refractivity contribution in [2.45, 2.75) is 69.9 Å². The summed E-state index contributed by atoms with van der Waals surface area (Å²) in [6.07, 6.45) is 5.60. The molecule has 5 heterocycles. The molecule has 1 unspecified atom stereocenters. The molecule has 17 nitrogen and oxygen atoms in total. The number of nitrogens with zero attached hydrogens (tertiary/aromatic N) is 4. The zero-order valence-electron chi connectivity index (χ0n) is 36.6. The molecule has 2 saturated heterocycles. The SMILES string of the molecule is COc1cc2c(cc1OCCCC(=O)Nc1cc(C(=O)Nc3ccc(-c4cc(C(=O)Nc5ccccc5)n(C)c4)cc3)n(C)c1)N(C(=O)O)[C@@H](OC1CCCCO1)[C@@H]1CCCCN1C2=O. The van der Waals surface area contributed by atoms with E-state index >= 15 is 0 Å². The molecule has 3 aliphatic rings. The summed E-state index contributed by atoms with van der Waals surface area (Å²) in [6.45, 7) is 1.05. The lowest BCUT2D eigenvalue weighted by Crippen LogP contribution is -2.57. The van der Waals surface area contributed by atoms with Gasteiger partial charge in [-0.1, -0.05) is 30.3 Å². The second-order valence-corrected chi connectivity index (χ2v) is 16.4. The summed E-state index contributed by atoms with van der Waals surface area (Å²) in [4.78, 5) is 69.2. The zero-order valence-corrected chi connectivity index (χ0v) is 36.6. The average molecular weight is 888 g/mol. The van der Waals surface area contributed by atoms with Crippen molar-refractivity contribution in [2.75, 3.05) is 47.7 Å². The van der Waals surface area contributed by atoms with E-state index in [4.69, 9.17) is 18.9 Å². The van der Waals surface area contributed by atoms with Gasteiger partial charge >= 0.3 is 6.09 Å². The van der Waals surface area contributed by atoms with E-state index in [0.717, 1.165) is 41.7 Å². The lowest BCUT2D eigenvalue weighted by Gasteiger charge is -2.42. The first-order chi connectivity index (χ1) is 31.5. The van der Waals surface area contributed by atoms with Crippen molar-refractivity contribution in [3.8, 4) is 22.6 Å². The number of aryl methyl sites for hydroxylation is 2. The number of hydrogen-bond donors (Lipinski definition) is 4. The number of nitrogens with one attached hydrogen (secondary N) is 3. The summed E-state index contributed by atoms with van der Waals surface area (Å²) in [6, 6.07) is 22.4. The van der Waals surface area contributed by atoms with E-state index in [9.17, 15) is 29.1 Å². The third kappa shape index (κ3) is 10.0. The zero-order chi connectivity index (χ0) is 45.6. The van der Waals surface area contributed by atoms with E-state index < -0.39 is 24.7 Å². The predicted molar refractivity (Wildman–Crippen MR) is 243 cm³/mol. The lowest BCUT2D eigenvalue weighted by molar-refractivity contribution is -0.198. The number of anilines is 4. The monoisotopic (exact) mass is 887 g/mol. The van der Waals surface area contributed by atoms with Crippen molar-refractivity contribution in [1.82, 2.24) is 14.0 Å². The van der Waals surface area contributed by atoms with E-state index in [1.54, 1.807) is 45.5 Å². The van der Waals surface area contributed by atoms with Crippen molar-refractivity contribution in [1.29, 1.82) is 0 Å². The minimum atomic E-state index is -1.28. The number of carbonyl (C=O) groups excluding carboxylic acids is 4. The largest absolute Gasteiger partial charge is 0.493 e. The molecule has 0 bridgehead atoms. The molecule has 3 aliphatic heterocycles. The Kier molecular flexibility index (Phi) is 13.5. The molecule has 0 spiro atoms. The fourth-order valence-corrected chi connectivity index (χ4v) is 8.60. The average Bonchev–Trinajstić information content (AvgIpc) is 3.86. The van der Waals surface area contributed by atoms with Gasteiger partial charge in [-0.05, 0) is 93.0 Å². The number of hydrogen-bond acceptors (Lipinski definition) is 9. The third-order valence-corrected chi connectivity index (χ3v) is 11.9. The highest BCUT2D eigenvalue weighted by molar-refractivity contribution is 6.07. The molecule has 0 radical (unpaired) electrons. The van der Waals surface area contributed by atoms with Gasteiger partial charge in [-0.2, -0.15) is 0 Å². The Balaban J connectivity index is 0.867. The Labute approximate surface area is 376 Å². The van der Waals surface area contributed by atoms with Crippen LogP contribution in [0.3, 0.4) is 0 Å². The molecule has 3 atom stereocenters. The summed E-state index contributed by atoms with van der Waals surface area (Å²) in [5.41, 5.74) is 4.53. The molecule has 0 aliphatic carbocycles. The number of ether oxygens (including phenoxy) is 4. The van der Waals surface area contributed by atoms with Crippen molar-refractivity contribution in [3.05, 3.63) is 108 Å². The normalized spacial score (nSPS) is 18.2. The van der Waals surface area contributed by atoms with Gasteiger partial charge in [0.05, 0.1) is 36.7 Å². The maximum absolute atomic E-state index is 14.0. The smallest absolute Gasteiger partial charge is 0.414 e. The standard InChI is InChI=1S/C48H53N7O10/c1-52-28-31(24-38(52)44(57)50-32-12-5-4-6-13-32)30-17-19-33(20-18-30)51-45(58)39-25-34(29-53(39)2)49-42(56)15-11-23-63-41-27-37-35(26-40(41)62-3)46(59)54-21-9-7-14-36(54)47(55(37)48(60)61)65-43-16-8-10-22-64-43/h4-6,12-13,17-20,24-29,36,43,47H,7-11,14-16,21-23H2,1-3H3,(H,49,56)(H,50,57)(H,51,58)(H,60,61)/t36-,43?,47-/m0/s1. The molecule has 17 heteroatoms. The minimum Gasteiger partial charge on any atom is -0.493 e. The van der Waals surface area contributed by atoms with Crippen molar-refractivity contribution >= 4 is 52.5 Å². The van der Waals surface area contributed by atoms with Crippen LogP contribution in [0.1, 0.15) is 82.7 Å². The number of para-hydroxylation sites is 1. The summed E-state index contributed by atoms with van der Waals surface area (Å²) in [5.74, 6) is -0.752. The first kappa shape index (κ1) is 44.5. The van der Waals surface area contributed by atoms with Gasteiger partial charge in [-0.15, -0.1) is 0 Å². The van der Waals surface area contributed by atoms with Crippen LogP contribution in [0, 0.1) is 0 Å². The molecule has 4 N–H and O–H groups in total. The fraction of sp³-hybridized carbons (Fsp3) is 0.354. The van der Waals surface area contributed by atoms with E-state index in [2.05, 4.69) is 16.0 Å². The molecule has 5 aromatic rings. The number of fused-ring (bicyclic) bond motifs is 2. The maximum atomic E-state index is 14.0. The predicted octanol–water partition coefficient (Wildman–Crippen LogP) is 7.70. The van der Waals surface area contributed by atoms with Crippen LogP contribution in [0.25, 0.3) is 11.1 Å². The molecule has 2 aromatic heterocycles. The van der Waals surface area contributed by atoms with Gasteiger partial charge in [0.15, 0.2) is 24.0 Å². The highest BCUT2D eigenvalue weighted by Crippen LogP contribution is 2.42. The highest BCUT2D eigenvalue weighted by atomic mass is 16.7. The molecule has 340 valence electrons. The molecule has 2 fully saturated rings. The molecule has 3 aromatic carbocycles. The summed E-state index contributed by atoms with van der Waals surface area (Å²) in [7, 11) is 4.96. The van der Waals surface area contributed by atoms with Crippen molar-refractivity contribution in [2.24, 2.45) is 14.1 Å². The summed E-state index contributed by atoms with van der Waals surface area (Å²) >= 11 is 0. The van der Waals surface area contributed by atoms with Gasteiger partial charge in [0.25, 0.3) is 17.7 Å². The van der Waals surface area contributed by atoms with Gasteiger partial charge < -0.3 is 54.0 Å². The van der Waals surface area contributed by atoms with Gasteiger partial charge in [0.2, 0.25) is 5.91 Å². The first-order valence-electron chi connectivity index (χ1n) is 21.8. The molecule has 5 amide bonds. The molecule has 0 saturated carbocycles. The molecular weight excluding hydrogens is 835 g/mol. The summed E-state index contributed by atoms with van der Waals surface area (Å²) in [5, 5.41) is 19.3. The Morgan fingerprint density at radius 2 is 1.48 bits per heavy atom. The van der Waals surface area contributed by atoms with Gasteiger partial charge in [0.1, 0.15) is 11.4 Å². The number of carboxylic acid groups (broad SMARTS) is 1. The second kappa shape index (κ2) is 19.7. The van der Waals surface area contributed by atoms with Crippen LogP contribution in [0.5, 0.6) is 11.5 Å². The number of piperidine rings is 1. The topological polar surface area (TPSA) is 195 Å². The highest BCUT2D eigenvalue weighted by Gasteiger charge is 2.46. The number of rotatable bonds is 14. The van der Waals surface area contributed by atoms with Crippen molar-refractivity contribution < 1.29 is 48.0 Å². The Hall–Kier alpha value is -7.11. The van der Waals surface area contributed by atoms with Crippen LogP contribution in [0.15, 0.2) is 91.3 Å². The molecule has 65 heavy (non-hydrogen) atoms. The quantitative estimate of drug-likeness (QED) is 0.0803. The van der Waals surface area contributed by atoms with Crippen molar-refractivity contribution in [3.63, 3.8) is 0 Å². The Morgan fingerprint density at radius 1 is 0.769 bits per heavy atom. The number of carbonyl (C=O) groups is 5. The van der Waals surface area contributed by atoms with Crippen LogP contribution in [-0.2, 0) is 28.4 Å². The van der Waals surface area contributed by atoms with E-state index in [1.165, 1.54) is 19.2 Å². The number of amides is 5. The van der Waals surface area contributed by atoms with E-state index in [-0.39, 0.29) is 65.8 Å². The Morgan fingerprint density at radius 3 is 2.18 bits per heavy atom. The van der Waals surface area contributed by atoms with Gasteiger partial charge in [-0.25, -0.2) is 9.69 Å². The summed E-state index contributed by atoms with van der Waals surface area (Å²) < 4.78 is 27.3. The van der Waals surface area contributed by atoms with Crippen LogP contribution in [0.4, 0.5) is 27.5 Å². The Bertz CT molecular complexity index is 2550. The van der Waals surface area contributed by atoms with Crippen LogP contribution in [0.2, 0.25) is 0 Å². The molecular formula is C48H53N7O10. The van der Waals surface area contributed by atoms with Gasteiger partial charge in [0, 0.05) is 69.1 Å². The second-order valence-electron chi connectivity index (χ2n) is 16.4. The fourth-order valence-electron chi connectivity index (χ4n) is 8.60. The third-order valence-electron chi connectivity index (χ3n) is 11.9. The first-order valence-corrected chi connectivity index (χ1v) is 21.8. The maximum Gasteiger partial charge on any atom is 0.414 e. The van der Waals surface area contributed by atoms with Gasteiger partial charge in [-0.3, -0.25) is 19.2 Å². The minimum absolute atomic E-state index is 0.0737. The van der Waals surface area contributed by atoms with Crippen LogP contribution >= 0.6 is 0 Å². The number of aromatic nitrogens is 2. The number of benzene rings is 3. The van der Waals surface area contributed by atoms with Crippen LogP contribution in [-0.4, -0.2) is 94.3 Å². The van der Waals surface area contributed by atoms with Crippen LogP contribution < -0.4 is 30.3 Å². The molecule has 8 rings (SSSR count). The van der Waals surface area contributed by atoms with E-state index in [1.807, 2.05) is 61.8 Å². The number of methoxy groups -OCH3 is 1.